The van der Waals surface area contributed by atoms with Crippen LogP contribution in [0.25, 0.3) is 0 Å². The van der Waals surface area contributed by atoms with E-state index < -0.39 is 11.8 Å². The number of carbonyl (C=O) groups is 1. The Morgan fingerprint density at radius 3 is 2.44 bits per heavy atom. The topological polar surface area (TPSA) is 46.5 Å². The molecule has 0 fully saturated rings. The molecule has 1 N–H and O–H groups in total. The number of aromatic carboxylic acids is 1. The summed E-state index contributed by atoms with van der Waals surface area (Å²) in [6.45, 7) is 0. The predicted octanol–water partition coefficient (Wildman–Crippen LogP) is 3.92. The lowest BCUT2D eigenvalue weighted by molar-refractivity contribution is 0.0693. The highest BCUT2D eigenvalue weighted by Crippen LogP contribution is 2.26. The minimum absolute atomic E-state index is 0.116. The first-order valence-corrected chi connectivity index (χ1v) is 6.10. The molecule has 2 aromatic carbocycles. The van der Waals surface area contributed by atoms with Crippen molar-refractivity contribution in [3.8, 4) is 11.5 Å². The average Bonchev–Trinajstić information content (AvgIpc) is 2.34. The van der Waals surface area contributed by atoms with Gasteiger partial charge in [0.1, 0.15) is 22.9 Å². The third-order valence-electron chi connectivity index (χ3n) is 2.21. The largest absolute Gasteiger partial charge is 0.478 e. The third-order valence-corrected chi connectivity index (χ3v) is 2.93. The van der Waals surface area contributed by atoms with Crippen LogP contribution in [0.15, 0.2) is 42.5 Å². The lowest BCUT2D eigenvalue weighted by atomic mass is 10.2. The molecule has 0 spiro atoms. The standard InChI is InChI=1S/C13H8FIO3/c14-8-1-6-12(11(7-8)13(16)17)18-10-4-2-9(15)3-5-10/h1-7H,(H,16,17). The Morgan fingerprint density at radius 1 is 1.17 bits per heavy atom. The first-order chi connectivity index (χ1) is 8.56. The SMILES string of the molecule is O=C(O)c1cc(F)ccc1Oc1ccc(I)cc1. The van der Waals surface area contributed by atoms with Crippen molar-refractivity contribution in [3.63, 3.8) is 0 Å². The number of carboxylic acids is 1. The Hall–Kier alpha value is -1.63. The van der Waals surface area contributed by atoms with Crippen molar-refractivity contribution in [2.24, 2.45) is 0 Å². The van der Waals surface area contributed by atoms with Gasteiger partial charge in [-0.15, -0.1) is 0 Å². The number of ether oxygens (including phenoxy) is 1. The molecule has 0 unspecified atom stereocenters. The van der Waals surface area contributed by atoms with Crippen molar-refractivity contribution in [1.29, 1.82) is 0 Å². The molecule has 0 aliphatic carbocycles. The summed E-state index contributed by atoms with van der Waals surface area (Å²) in [6, 6.07) is 10.5. The van der Waals surface area contributed by atoms with Crippen molar-refractivity contribution < 1.29 is 19.0 Å². The van der Waals surface area contributed by atoms with Crippen LogP contribution in [0.2, 0.25) is 0 Å². The van der Waals surface area contributed by atoms with Crippen LogP contribution in [0.1, 0.15) is 10.4 Å². The van der Waals surface area contributed by atoms with E-state index in [9.17, 15) is 9.18 Å². The summed E-state index contributed by atoms with van der Waals surface area (Å²) in [4.78, 5) is 11.0. The highest BCUT2D eigenvalue weighted by Gasteiger charge is 2.13. The quantitative estimate of drug-likeness (QED) is 0.846. The van der Waals surface area contributed by atoms with Gasteiger partial charge in [0.2, 0.25) is 0 Å². The molecule has 18 heavy (non-hydrogen) atoms. The summed E-state index contributed by atoms with van der Waals surface area (Å²) >= 11 is 2.15. The van der Waals surface area contributed by atoms with Gasteiger partial charge in [0.05, 0.1) is 0 Å². The summed E-state index contributed by atoms with van der Waals surface area (Å²) < 4.78 is 19.4. The molecule has 92 valence electrons. The van der Waals surface area contributed by atoms with Crippen LogP contribution in [-0.2, 0) is 0 Å². The van der Waals surface area contributed by atoms with Crippen molar-refractivity contribution in [1.82, 2.24) is 0 Å². The zero-order valence-electron chi connectivity index (χ0n) is 9.06. The number of hydrogen-bond acceptors (Lipinski definition) is 2. The Bertz CT molecular complexity index is 581. The maximum absolute atomic E-state index is 13.0. The summed E-state index contributed by atoms with van der Waals surface area (Å²) in [5.41, 5.74) is -0.200. The van der Waals surface area contributed by atoms with Gasteiger partial charge < -0.3 is 9.84 Å². The Kier molecular flexibility index (Phi) is 3.81. The van der Waals surface area contributed by atoms with Crippen LogP contribution >= 0.6 is 22.6 Å². The highest BCUT2D eigenvalue weighted by atomic mass is 127. The highest BCUT2D eigenvalue weighted by molar-refractivity contribution is 14.1. The van der Waals surface area contributed by atoms with Gasteiger partial charge in [-0.1, -0.05) is 0 Å². The molecular weight excluding hydrogens is 350 g/mol. The van der Waals surface area contributed by atoms with Crippen LogP contribution < -0.4 is 4.74 Å². The van der Waals surface area contributed by atoms with E-state index in [1.807, 2.05) is 12.1 Å². The number of halogens is 2. The molecule has 3 nitrogen and oxygen atoms in total. The summed E-state index contributed by atoms with van der Waals surface area (Å²) in [5, 5.41) is 8.96. The maximum atomic E-state index is 13.0. The maximum Gasteiger partial charge on any atom is 0.339 e. The molecule has 0 heterocycles. The van der Waals surface area contributed by atoms with Crippen LogP contribution in [0.5, 0.6) is 11.5 Å². The lowest BCUT2D eigenvalue weighted by Crippen LogP contribution is -2.00. The Balaban J connectivity index is 2.34. The number of rotatable bonds is 3. The normalized spacial score (nSPS) is 10.1. The molecule has 0 aliphatic rings. The number of benzene rings is 2. The molecule has 0 aromatic heterocycles. The zero-order chi connectivity index (χ0) is 13.1. The van der Waals surface area contributed by atoms with Crippen LogP contribution in [0.4, 0.5) is 4.39 Å². The smallest absolute Gasteiger partial charge is 0.339 e. The second-order valence-electron chi connectivity index (χ2n) is 3.50. The molecule has 2 aromatic rings. The summed E-state index contributed by atoms with van der Waals surface area (Å²) in [7, 11) is 0. The Morgan fingerprint density at radius 2 is 1.83 bits per heavy atom. The lowest BCUT2D eigenvalue weighted by Gasteiger charge is -2.08. The van der Waals surface area contributed by atoms with Gasteiger partial charge in [-0.25, -0.2) is 9.18 Å². The number of hydrogen-bond donors (Lipinski definition) is 1. The molecule has 0 aliphatic heterocycles. The molecule has 2 rings (SSSR count). The van der Waals surface area contributed by atoms with E-state index in [4.69, 9.17) is 9.84 Å². The average molecular weight is 358 g/mol. The molecule has 0 atom stereocenters. The van der Waals surface area contributed by atoms with Crippen molar-refractivity contribution in [2.75, 3.05) is 0 Å². The monoisotopic (exact) mass is 358 g/mol. The van der Waals surface area contributed by atoms with E-state index >= 15 is 0 Å². The van der Waals surface area contributed by atoms with Crippen LogP contribution in [0, 0.1) is 9.39 Å². The van der Waals surface area contributed by atoms with Crippen molar-refractivity contribution in [3.05, 3.63) is 57.4 Å². The minimum Gasteiger partial charge on any atom is -0.478 e. The van der Waals surface area contributed by atoms with Crippen LogP contribution in [-0.4, -0.2) is 11.1 Å². The Labute approximate surface area is 116 Å². The van der Waals surface area contributed by atoms with Gasteiger partial charge >= 0.3 is 5.97 Å². The zero-order valence-corrected chi connectivity index (χ0v) is 11.2. The van der Waals surface area contributed by atoms with Gasteiger partial charge in [-0.3, -0.25) is 0 Å². The molecule has 0 bridgehead atoms. The van der Waals surface area contributed by atoms with Crippen molar-refractivity contribution >= 4 is 28.6 Å². The van der Waals surface area contributed by atoms with E-state index in [1.54, 1.807) is 12.1 Å². The first kappa shape index (κ1) is 12.8. The van der Waals surface area contributed by atoms with E-state index in [2.05, 4.69) is 22.6 Å². The fraction of sp³-hybridized carbons (Fsp3) is 0. The number of carboxylic acid groups (broad SMARTS) is 1. The van der Waals surface area contributed by atoms with Gasteiger partial charge in [-0.05, 0) is 65.1 Å². The van der Waals surface area contributed by atoms with Crippen LogP contribution in [0.3, 0.4) is 0 Å². The molecule has 0 saturated carbocycles. The van der Waals surface area contributed by atoms with E-state index in [0.717, 1.165) is 15.7 Å². The van der Waals surface area contributed by atoms with Crippen molar-refractivity contribution in [2.45, 2.75) is 0 Å². The van der Waals surface area contributed by atoms with E-state index in [1.165, 1.54) is 6.07 Å². The molecule has 0 radical (unpaired) electrons. The second kappa shape index (κ2) is 5.34. The summed E-state index contributed by atoms with van der Waals surface area (Å²) in [5.74, 6) is -1.22. The summed E-state index contributed by atoms with van der Waals surface area (Å²) in [6.07, 6.45) is 0. The molecule has 0 amide bonds. The second-order valence-corrected chi connectivity index (χ2v) is 4.75. The fourth-order valence-electron chi connectivity index (χ4n) is 1.39. The molecular formula is C13H8FIO3. The van der Waals surface area contributed by atoms with Gasteiger partial charge in [-0.2, -0.15) is 0 Å². The van der Waals surface area contributed by atoms with E-state index in [0.29, 0.717) is 5.75 Å². The fourth-order valence-corrected chi connectivity index (χ4v) is 1.75. The third kappa shape index (κ3) is 2.98. The van der Waals surface area contributed by atoms with Gasteiger partial charge in [0.25, 0.3) is 0 Å². The minimum atomic E-state index is -1.23. The van der Waals surface area contributed by atoms with E-state index in [-0.39, 0.29) is 11.3 Å². The van der Waals surface area contributed by atoms with Gasteiger partial charge in [0.15, 0.2) is 0 Å². The predicted molar refractivity (Wildman–Crippen MR) is 72.6 cm³/mol. The van der Waals surface area contributed by atoms with Gasteiger partial charge in [0, 0.05) is 3.57 Å². The molecule has 5 heteroatoms. The first-order valence-electron chi connectivity index (χ1n) is 5.02. The molecule has 0 saturated heterocycles.